The first-order valence-corrected chi connectivity index (χ1v) is 8.38. The molecular weight excluding hydrogens is 316 g/mol. The normalized spacial score (nSPS) is 26.0. The average molecular weight is 337 g/mol. The van der Waals surface area contributed by atoms with E-state index >= 15 is 0 Å². The molecule has 1 N–H and O–H groups in total. The molecule has 1 aromatic rings. The zero-order valence-corrected chi connectivity index (χ0v) is 13.9. The van der Waals surface area contributed by atoms with Crippen LogP contribution in [0.25, 0.3) is 0 Å². The number of amides is 2. The van der Waals surface area contributed by atoms with Crippen LogP contribution in [-0.2, 0) is 14.3 Å². The van der Waals surface area contributed by atoms with Gasteiger partial charge in [0.05, 0.1) is 6.04 Å². The summed E-state index contributed by atoms with van der Waals surface area (Å²) in [6.45, 7) is 3.58. The van der Waals surface area contributed by atoms with Gasteiger partial charge in [-0.3, -0.25) is 9.59 Å². The summed E-state index contributed by atoms with van der Waals surface area (Å²) < 4.78 is 5.59. The molecule has 3 rings (SSSR count). The van der Waals surface area contributed by atoms with Crippen LogP contribution in [-0.4, -0.2) is 42.5 Å². The molecule has 0 spiro atoms. The Bertz CT molecular complexity index is 599. The van der Waals surface area contributed by atoms with Crippen LogP contribution in [0.15, 0.2) is 24.3 Å². The van der Waals surface area contributed by atoms with E-state index in [1.54, 1.807) is 6.07 Å². The molecule has 5 nitrogen and oxygen atoms in total. The summed E-state index contributed by atoms with van der Waals surface area (Å²) in [6.07, 6.45) is 1.28. The van der Waals surface area contributed by atoms with E-state index in [-0.39, 0.29) is 18.4 Å². The zero-order chi connectivity index (χ0) is 16.4. The number of carbonyl (C=O) groups excluding carboxylic acids is 2. The van der Waals surface area contributed by atoms with Crippen molar-refractivity contribution >= 4 is 23.4 Å². The molecule has 2 saturated heterocycles. The number of ether oxygens (including phenoxy) is 1. The van der Waals surface area contributed by atoms with E-state index in [1.165, 1.54) is 0 Å². The third-order valence-electron chi connectivity index (χ3n) is 4.59. The Morgan fingerprint density at radius 1 is 1.30 bits per heavy atom. The monoisotopic (exact) mass is 336 g/mol. The maximum absolute atomic E-state index is 12.9. The Hall–Kier alpha value is -1.59. The molecule has 2 amide bonds. The van der Waals surface area contributed by atoms with Crippen molar-refractivity contribution in [1.82, 2.24) is 10.2 Å². The number of hydrogen-bond donors (Lipinski definition) is 1. The van der Waals surface area contributed by atoms with Crippen molar-refractivity contribution in [3.8, 4) is 0 Å². The van der Waals surface area contributed by atoms with E-state index in [2.05, 4.69) is 12.2 Å². The number of carbonyl (C=O) groups is 2. The summed E-state index contributed by atoms with van der Waals surface area (Å²) >= 11 is 6.25. The molecule has 1 aromatic carbocycles. The molecule has 6 heteroatoms. The van der Waals surface area contributed by atoms with Gasteiger partial charge in [-0.1, -0.05) is 36.7 Å². The number of nitrogens with one attached hydrogen (secondary N) is 1. The number of benzene rings is 1. The summed E-state index contributed by atoms with van der Waals surface area (Å²) in [7, 11) is 0. The van der Waals surface area contributed by atoms with Crippen LogP contribution < -0.4 is 5.32 Å². The lowest BCUT2D eigenvalue weighted by Crippen LogP contribution is -2.54. The quantitative estimate of drug-likeness (QED) is 0.900. The van der Waals surface area contributed by atoms with Gasteiger partial charge in [0.15, 0.2) is 6.10 Å². The Morgan fingerprint density at radius 2 is 2.00 bits per heavy atom. The van der Waals surface area contributed by atoms with Crippen molar-refractivity contribution in [2.24, 2.45) is 5.92 Å². The summed E-state index contributed by atoms with van der Waals surface area (Å²) in [5, 5.41) is 3.38. The van der Waals surface area contributed by atoms with Crippen molar-refractivity contribution in [3.05, 3.63) is 34.9 Å². The highest BCUT2D eigenvalue weighted by Crippen LogP contribution is 2.30. The van der Waals surface area contributed by atoms with Crippen LogP contribution >= 0.6 is 11.6 Å². The van der Waals surface area contributed by atoms with Gasteiger partial charge in [0.2, 0.25) is 5.91 Å². The molecule has 2 fully saturated rings. The minimum atomic E-state index is -0.721. The fourth-order valence-electron chi connectivity index (χ4n) is 3.14. The number of halogens is 1. The number of piperidine rings is 1. The fraction of sp³-hybridized carbons (Fsp3) is 0.529. The molecule has 0 bridgehead atoms. The Kier molecular flexibility index (Phi) is 4.87. The number of hydrogen-bond acceptors (Lipinski definition) is 3. The van der Waals surface area contributed by atoms with E-state index in [0.29, 0.717) is 16.5 Å². The highest BCUT2D eigenvalue weighted by Gasteiger charge is 2.39. The molecule has 2 aliphatic rings. The number of nitrogens with zero attached hydrogens (tertiary/aromatic N) is 1. The standard InChI is InChI=1S/C17H21ClN2O3/c1-11-6-8-20(9-7-11)17(22)16-15(19-14(21)10-23-16)12-4-2-3-5-13(12)18/h2-5,11,15-16H,6-10H2,1H3,(H,19,21)/t15-,16+/m1/s1. The van der Waals surface area contributed by atoms with Crippen molar-refractivity contribution in [2.75, 3.05) is 19.7 Å². The molecule has 0 aliphatic carbocycles. The minimum absolute atomic E-state index is 0.0678. The van der Waals surface area contributed by atoms with Gasteiger partial charge in [-0.15, -0.1) is 0 Å². The minimum Gasteiger partial charge on any atom is -0.356 e. The van der Waals surface area contributed by atoms with Crippen LogP contribution in [0, 0.1) is 5.92 Å². The second kappa shape index (κ2) is 6.89. The summed E-state index contributed by atoms with van der Waals surface area (Å²) in [4.78, 5) is 26.4. The van der Waals surface area contributed by atoms with Crippen LogP contribution in [0.4, 0.5) is 0 Å². The lowest BCUT2D eigenvalue weighted by atomic mass is 9.95. The lowest BCUT2D eigenvalue weighted by molar-refractivity contribution is -0.156. The first-order valence-electron chi connectivity index (χ1n) is 8.00. The SMILES string of the molecule is CC1CCN(C(=O)[C@H]2OCC(=O)N[C@@H]2c2ccccc2Cl)CC1. The van der Waals surface area contributed by atoms with Crippen molar-refractivity contribution < 1.29 is 14.3 Å². The molecule has 0 unspecified atom stereocenters. The van der Waals surface area contributed by atoms with Crippen LogP contribution in [0.3, 0.4) is 0 Å². The second-order valence-corrected chi connectivity index (χ2v) is 6.71. The van der Waals surface area contributed by atoms with Gasteiger partial charge in [-0.25, -0.2) is 0 Å². The van der Waals surface area contributed by atoms with Gasteiger partial charge in [-0.05, 0) is 30.4 Å². The maximum atomic E-state index is 12.9. The van der Waals surface area contributed by atoms with Crippen LogP contribution in [0.5, 0.6) is 0 Å². The first-order chi connectivity index (χ1) is 11.1. The van der Waals surface area contributed by atoms with Crippen molar-refractivity contribution in [2.45, 2.75) is 31.9 Å². The molecule has 0 aromatic heterocycles. The van der Waals surface area contributed by atoms with E-state index in [1.807, 2.05) is 23.1 Å². The fourth-order valence-corrected chi connectivity index (χ4v) is 3.40. The second-order valence-electron chi connectivity index (χ2n) is 6.31. The van der Waals surface area contributed by atoms with E-state index in [0.717, 1.165) is 25.9 Å². The predicted molar refractivity (Wildman–Crippen MR) is 87.1 cm³/mol. The third kappa shape index (κ3) is 3.51. The Balaban J connectivity index is 1.82. The number of likely N-dealkylation sites (tertiary alicyclic amines) is 1. The summed E-state index contributed by atoms with van der Waals surface area (Å²) in [5.74, 6) is 0.346. The van der Waals surface area contributed by atoms with E-state index in [4.69, 9.17) is 16.3 Å². The third-order valence-corrected chi connectivity index (χ3v) is 4.94. The maximum Gasteiger partial charge on any atom is 0.254 e. The van der Waals surface area contributed by atoms with Crippen LogP contribution in [0.2, 0.25) is 5.02 Å². The lowest BCUT2D eigenvalue weighted by Gasteiger charge is -2.37. The molecule has 23 heavy (non-hydrogen) atoms. The number of morpholine rings is 1. The van der Waals surface area contributed by atoms with Gasteiger partial charge in [-0.2, -0.15) is 0 Å². The van der Waals surface area contributed by atoms with Gasteiger partial charge in [0, 0.05) is 18.1 Å². The predicted octanol–water partition coefficient (Wildman–Crippen LogP) is 2.15. The zero-order valence-electron chi connectivity index (χ0n) is 13.1. The van der Waals surface area contributed by atoms with E-state index < -0.39 is 12.1 Å². The summed E-state index contributed by atoms with van der Waals surface area (Å²) in [5.41, 5.74) is 0.714. The van der Waals surface area contributed by atoms with Crippen LogP contribution in [0.1, 0.15) is 31.4 Å². The molecule has 2 atom stereocenters. The van der Waals surface area contributed by atoms with Crippen molar-refractivity contribution in [1.29, 1.82) is 0 Å². The molecular formula is C17H21ClN2O3. The Labute approximate surface area is 140 Å². The smallest absolute Gasteiger partial charge is 0.254 e. The van der Waals surface area contributed by atoms with Gasteiger partial charge in [0.25, 0.3) is 5.91 Å². The molecule has 2 heterocycles. The topological polar surface area (TPSA) is 58.6 Å². The highest BCUT2D eigenvalue weighted by molar-refractivity contribution is 6.31. The molecule has 0 radical (unpaired) electrons. The Morgan fingerprint density at radius 3 is 2.70 bits per heavy atom. The van der Waals surface area contributed by atoms with Gasteiger partial charge >= 0.3 is 0 Å². The molecule has 2 aliphatic heterocycles. The highest BCUT2D eigenvalue weighted by atomic mass is 35.5. The average Bonchev–Trinajstić information content (AvgIpc) is 2.55. The van der Waals surface area contributed by atoms with Gasteiger partial charge in [0.1, 0.15) is 6.61 Å². The summed E-state index contributed by atoms with van der Waals surface area (Å²) in [6, 6.07) is 6.69. The number of rotatable bonds is 2. The van der Waals surface area contributed by atoms with E-state index in [9.17, 15) is 9.59 Å². The molecule has 0 saturated carbocycles. The van der Waals surface area contributed by atoms with Crippen molar-refractivity contribution in [3.63, 3.8) is 0 Å². The van der Waals surface area contributed by atoms with Gasteiger partial charge < -0.3 is 15.0 Å². The largest absolute Gasteiger partial charge is 0.356 e. The first kappa shape index (κ1) is 16.3. The molecule has 124 valence electrons.